The first kappa shape index (κ1) is 26.0. The fraction of sp³-hybridized carbons (Fsp3) is 0.333. The zero-order valence-corrected chi connectivity index (χ0v) is 18.7. The normalized spacial score (nSPS) is 12.8. The zero-order valence-electron chi connectivity index (χ0n) is 17.8. The molecular weight excluding hydrogens is 467 g/mol. The van der Waals surface area contributed by atoms with Crippen LogP contribution in [-0.2, 0) is 24.3 Å². The van der Waals surface area contributed by atoms with Gasteiger partial charge >= 0.3 is 12.1 Å². The van der Waals surface area contributed by atoms with E-state index in [0.29, 0.717) is 12.4 Å². The van der Waals surface area contributed by atoms with E-state index in [-0.39, 0.29) is 10.6 Å². The molecule has 0 saturated carbocycles. The van der Waals surface area contributed by atoms with Gasteiger partial charge in [-0.05, 0) is 63.2 Å². The molecule has 2 aromatic rings. The average Bonchev–Trinajstić information content (AvgIpc) is 2.69. The van der Waals surface area contributed by atoms with Gasteiger partial charge in [-0.25, -0.2) is 8.42 Å². The van der Waals surface area contributed by atoms with Crippen LogP contribution in [0.5, 0.6) is 11.5 Å². The zero-order chi connectivity index (χ0) is 25.0. The molecular formula is C21H22F3NO7S. The number of halogens is 3. The van der Waals surface area contributed by atoms with Gasteiger partial charge in [0.2, 0.25) is 0 Å². The van der Waals surface area contributed by atoms with Crippen LogP contribution in [0.25, 0.3) is 0 Å². The maximum Gasteiger partial charge on any atom is 0.451 e. The van der Waals surface area contributed by atoms with Gasteiger partial charge in [-0.1, -0.05) is 0 Å². The topological polar surface area (TPSA) is 119 Å². The van der Waals surface area contributed by atoms with Crippen molar-refractivity contribution in [2.45, 2.75) is 43.9 Å². The van der Waals surface area contributed by atoms with Crippen molar-refractivity contribution in [3.05, 3.63) is 48.0 Å². The van der Waals surface area contributed by atoms with Gasteiger partial charge in [-0.15, -0.1) is 0 Å². The van der Waals surface area contributed by atoms with Crippen LogP contribution in [0.4, 0.5) is 18.9 Å². The van der Waals surface area contributed by atoms with Crippen LogP contribution in [0.1, 0.15) is 32.3 Å². The van der Waals surface area contributed by atoms with Crippen molar-refractivity contribution in [3.63, 3.8) is 0 Å². The first-order valence-corrected chi connectivity index (χ1v) is 11.1. The summed E-state index contributed by atoms with van der Waals surface area (Å²) in [5.41, 5.74) is -1.04. The van der Waals surface area contributed by atoms with Crippen molar-refractivity contribution in [2.75, 3.05) is 11.3 Å². The Morgan fingerprint density at radius 3 is 2.21 bits per heavy atom. The predicted molar refractivity (Wildman–Crippen MR) is 112 cm³/mol. The first-order chi connectivity index (χ1) is 15.3. The van der Waals surface area contributed by atoms with Gasteiger partial charge in [0.15, 0.2) is 5.92 Å². The van der Waals surface area contributed by atoms with Crippen molar-refractivity contribution in [1.82, 2.24) is 0 Å². The number of carbonyl (C=O) groups excluding carboxylic acids is 2. The molecule has 0 aliphatic rings. The van der Waals surface area contributed by atoms with Gasteiger partial charge < -0.3 is 14.6 Å². The van der Waals surface area contributed by atoms with Gasteiger partial charge in [0.05, 0.1) is 17.6 Å². The van der Waals surface area contributed by atoms with Crippen LogP contribution in [0, 0.1) is 0 Å². The number of benzene rings is 2. The number of Topliss-reactive ketones (excluding diaryl/α,β-unsaturated/α-hetero) is 1. The molecule has 1 atom stereocenters. The number of ketones is 1. The highest BCUT2D eigenvalue weighted by Crippen LogP contribution is 2.36. The Bertz CT molecular complexity index is 1110. The smallest absolute Gasteiger partial charge is 0.451 e. The van der Waals surface area contributed by atoms with Gasteiger partial charge in [0.1, 0.15) is 11.5 Å². The van der Waals surface area contributed by atoms with E-state index in [9.17, 15) is 36.3 Å². The van der Waals surface area contributed by atoms with Gasteiger partial charge in [0, 0.05) is 11.3 Å². The minimum Gasteiger partial charge on any atom is -0.508 e. The van der Waals surface area contributed by atoms with E-state index < -0.39 is 51.3 Å². The summed E-state index contributed by atoms with van der Waals surface area (Å²) in [5.74, 6) is -6.92. The van der Waals surface area contributed by atoms with Crippen LogP contribution >= 0.6 is 0 Å². The van der Waals surface area contributed by atoms with Crippen LogP contribution in [-0.4, -0.2) is 44.2 Å². The summed E-state index contributed by atoms with van der Waals surface area (Å²) in [6.07, 6.45) is -6.25. The van der Waals surface area contributed by atoms with Crippen LogP contribution in [0.15, 0.2) is 47.4 Å². The van der Waals surface area contributed by atoms with Gasteiger partial charge in [-0.3, -0.25) is 14.3 Å². The third-order valence-electron chi connectivity index (χ3n) is 4.16. The Kier molecular flexibility index (Phi) is 7.96. The largest absolute Gasteiger partial charge is 0.508 e. The quantitative estimate of drug-likeness (QED) is 0.313. The Balaban J connectivity index is 2.45. The summed E-state index contributed by atoms with van der Waals surface area (Å²) in [7, 11) is -4.20. The van der Waals surface area contributed by atoms with Crippen molar-refractivity contribution in [2.24, 2.45) is 0 Å². The van der Waals surface area contributed by atoms with Crippen molar-refractivity contribution >= 4 is 27.5 Å². The summed E-state index contributed by atoms with van der Waals surface area (Å²) >= 11 is 0. The minimum absolute atomic E-state index is 0.178. The molecule has 12 heteroatoms. The van der Waals surface area contributed by atoms with Crippen molar-refractivity contribution in [3.8, 4) is 11.5 Å². The lowest BCUT2D eigenvalue weighted by Gasteiger charge is -2.20. The number of rotatable bonds is 9. The molecule has 0 spiro atoms. The number of phenolic OH excluding ortho intramolecular Hbond substituents is 1. The number of anilines is 1. The highest BCUT2D eigenvalue weighted by atomic mass is 32.2. The summed E-state index contributed by atoms with van der Waals surface area (Å²) in [4.78, 5) is 24.1. The molecule has 8 nitrogen and oxygen atoms in total. The number of alkyl halides is 3. The van der Waals surface area contributed by atoms with Gasteiger partial charge in [-0.2, -0.15) is 13.2 Å². The number of sulfonamides is 1. The monoisotopic (exact) mass is 489 g/mol. The van der Waals surface area contributed by atoms with Crippen molar-refractivity contribution in [1.29, 1.82) is 0 Å². The summed E-state index contributed by atoms with van der Waals surface area (Å²) in [5, 5.41) is 10.1. The Morgan fingerprint density at radius 1 is 1.09 bits per heavy atom. The van der Waals surface area contributed by atoms with E-state index in [2.05, 4.69) is 4.72 Å². The Morgan fingerprint density at radius 2 is 1.70 bits per heavy atom. The molecule has 0 aromatic heterocycles. The summed E-state index contributed by atoms with van der Waals surface area (Å²) in [6.45, 7) is 4.86. The maximum atomic E-state index is 13.1. The predicted octanol–water partition coefficient (Wildman–Crippen LogP) is 3.76. The lowest BCUT2D eigenvalue weighted by molar-refractivity contribution is -0.178. The second-order valence-electron chi connectivity index (χ2n) is 7.06. The Labute approximate surface area is 188 Å². The highest BCUT2D eigenvalue weighted by Gasteiger charge is 2.48. The molecule has 0 saturated heterocycles. The van der Waals surface area contributed by atoms with Crippen LogP contribution in [0.2, 0.25) is 0 Å². The van der Waals surface area contributed by atoms with E-state index in [0.717, 1.165) is 18.2 Å². The number of ether oxygens (including phenoxy) is 2. The third-order valence-corrected chi connectivity index (χ3v) is 5.56. The SMILES string of the molecule is CCOc1ccc(S(=O)(=O)Nc2ccc(O)c([C@H](C(=O)OC(C)C)C(=O)C(F)(F)F)c2)cc1. The van der Waals surface area contributed by atoms with Crippen LogP contribution in [0.3, 0.4) is 0 Å². The fourth-order valence-electron chi connectivity index (χ4n) is 2.78. The molecule has 0 bridgehead atoms. The molecule has 0 amide bonds. The molecule has 0 unspecified atom stereocenters. The minimum atomic E-state index is -5.41. The summed E-state index contributed by atoms with van der Waals surface area (Å²) < 4.78 is 76.9. The standard InChI is InChI=1S/C21H22F3NO7S/c1-4-31-14-6-8-15(9-7-14)33(29,30)25-13-5-10-17(26)16(11-13)18(19(27)21(22,23)24)20(28)32-12(2)3/h5-12,18,25-26H,4H2,1-3H3/t18-/m0/s1. The van der Waals surface area contributed by atoms with E-state index in [1.165, 1.54) is 38.1 Å². The highest BCUT2D eigenvalue weighted by molar-refractivity contribution is 7.92. The molecule has 33 heavy (non-hydrogen) atoms. The average molecular weight is 489 g/mol. The third kappa shape index (κ3) is 6.60. The molecule has 0 fully saturated rings. The van der Waals surface area contributed by atoms with E-state index in [1.54, 1.807) is 6.92 Å². The number of phenols is 1. The number of hydrogen-bond donors (Lipinski definition) is 2. The number of aromatic hydroxyl groups is 1. The van der Waals surface area contributed by atoms with E-state index in [1.807, 2.05) is 0 Å². The van der Waals surface area contributed by atoms with Gasteiger partial charge in [0.25, 0.3) is 15.8 Å². The summed E-state index contributed by atoms with van der Waals surface area (Å²) in [6, 6.07) is 8.05. The number of esters is 1. The molecule has 2 rings (SSSR count). The van der Waals surface area contributed by atoms with Crippen molar-refractivity contribution < 1.29 is 45.8 Å². The lowest BCUT2D eigenvalue weighted by Crippen LogP contribution is -2.35. The van der Waals surface area contributed by atoms with E-state index >= 15 is 0 Å². The van der Waals surface area contributed by atoms with Crippen LogP contribution < -0.4 is 9.46 Å². The second-order valence-corrected chi connectivity index (χ2v) is 8.75. The van der Waals surface area contributed by atoms with E-state index in [4.69, 9.17) is 9.47 Å². The fourth-order valence-corrected chi connectivity index (χ4v) is 3.83. The number of nitrogens with one attached hydrogen (secondary N) is 1. The molecule has 0 radical (unpaired) electrons. The lowest BCUT2D eigenvalue weighted by atomic mass is 9.93. The molecule has 0 aliphatic heterocycles. The molecule has 0 heterocycles. The molecule has 2 N–H and O–H groups in total. The molecule has 180 valence electrons. The second kappa shape index (κ2) is 10.1. The maximum absolute atomic E-state index is 13.1. The first-order valence-electron chi connectivity index (χ1n) is 9.66. The number of carbonyl (C=O) groups is 2. The Hall–Kier alpha value is -3.28. The molecule has 2 aromatic carbocycles. The molecule has 0 aliphatic carbocycles. The number of hydrogen-bond acceptors (Lipinski definition) is 7.